The number of fused-ring (bicyclic) bond motifs is 3. The van der Waals surface area contributed by atoms with Gasteiger partial charge in [-0.25, -0.2) is 4.98 Å². The first-order valence-corrected chi connectivity index (χ1v) is 12.1. The summed E-state index contributed by atoms with van der Waals surface area (Å²) in [5.41, 5.74) is 4.79. The summed E-state index contributed by atoms with van der Waals surface area (Å²) in [6.45, 7) is 11.6. The van der Waals surface area contributed by atoms with Crippen LogP contribution in [-0.2, 0) is 17.6 Å². The number of carbonyl (C=O) groups is 1. The van der Waals surface area contributed by atoms with Gasteiger partial charge in [-0.05, 0) is 64.7 Å². The summed E-state index contributed by atoms with van der Waals surface area (Å²) in [5, 5.41) is 7.31. The van der Waals surface area contributed by atoms with E-state index in [-0.39, 0.29) is 12.0 Å². The third-order valence-electron chi connectivity index (χ3n) is 6.72. The van der Waals surface area contributed by atoms with Gasteiger partial charge in [0, 0.05) is 12.6 Å². The largest absolute Gasteiger partial charge is 0.493 e. The van der Waals surface area contributed by atoms with Crippen LogP contribution < -0.4 is 9.47 Å². The number of ether oxygens (including phenoxy) is 3. The molecule has 9 heteroatoms. The molecule has 4 heterocycles. The van der Waals surface area contributed by atoms with Gasteiger partial charge in [0.15, 0.2) is 23.0 Å². The van der Waals surface area contributed by atoms with Crippen LogP contribution in [-0.4, -0.2) is 69.1 Å². The quantitative estimate of drug-likeness (QED) is 0.600. The van der Waals surface area contributed by atoms with Crippen molar-refractivity contribution in [1.82, 2.24) is 24.6 Å². The maximum atomic E-state index is 13.9. The molecule has 1 fully saturated rings. The van der Waals surface area contributed by atoms with Gasteiger partial charge in [-0.3, -0.25) is 14.5 Å². The Balaban J connectivity index is 1.71. The number of carbonyl (C=O) groups excluding carboxylic acids is 1. The molecule has 186 valence electrons. The van der Waals surface area contributed by atoms with E-state index in [9.17, 15) is 4.79 Å². The van der Waals surface area contributed by atoms with E-state index in [1.54, 1.807) is 13.3 Å². The van der Waals surface area contributed by atoms with E-state index in [2.05, 4.69) is 14.8 Å². The van der Waals surface area contributed by atoms with Crippen LogP contribution in [0.4, 0.5) is 0 Å². The summed E-state index contributed by atoms with van der Waals surface area (Å²) >= 11 is 0. The van der Waals surface area contributed by atoms with Crippen molar-refractivity contribution >= 4 is 5.91 Å². The van der Waals surface area contributed by atoms with Crippen molar-refractivity contribution in [2.75, 3.05) is 26.9 Å². The van der Waals surface area contributed by atoms with Gasteiger partial charge in [0.2, 0.25) is 0 Å². The molecule has 2 aromatic heterocycles. The van der Waals surface area contributed by atoms with Gasteiger partial charge in [-0.1, -0.05) is 0 Å². The van der Waals surface area contributed by atoms with E-state index in [0.717, 1.165) is 34.6 Å². The Morgan fingerprint density at radius 3 is 2.69 bits per heavy atom. The number of aromatic nitrogens is 4. The summed E-state index contributed by atoms with van der Waals surface area (Å²) in [6, 6.07) is 4.03. The van der Waals surface area contributed by atoms with Crippen molar-refractivity contribution in [3.63, 3.8) is 0 Å². The molecular weight excluding hydrogens is 446 g/mol. The van der Waals surface area contributed by atoms with Crippen LogP contribution >= 0.6 is 0 Å². The highest BCUT2D eigenvalue weighted by Crippen LogP contribution is 2.40. The average Bonchev–Trinajstić information content (AvgIpc) is 3.40. The summed E-state index contributed by atoms with van der Waals surface area (Å²) in [5.74, 6) is 1.97. The van der Waals surface area contributed by atoms with Crippen LogP contribution in [0.15, 0.2) is 18.3 Å². The smallest absolute Gasteiger partial charge is 0.274 e. The highest BCUT2D eigenvalue weighted by Gasteiger charge is 2.38. The van der Waals surface area contributed by atoms with Crippen LogP contribution in [0.1, 0.15) is 55.0 Å². The summed E-state index contributed by atoms with van der Waals surface area (Å²) in [6.07, 6.45) is 3.22. The van der Waals surface area contributed by atoms with Gasteiger partial charge in [0.05, 0.1) is 49.5 Å². The third-order valence-corrected chi connectivity index (χ3v) is 6.72. The molecule has 1 N–H and O–H groups in total. The molecule has 0 atom stereocenters. The average molecular weight is 480 g/mol. The van der Waals surface area contributed by atoms with Crippen molar-refractivity contribution in [3.8, 4) is 28.7 Å². The highest BCUT2D eigenvalue weighted by atomic mass is 16.5. The third kappa shape index (κ3) is 3.97. The van der Waals surface area contributed by atoms with E-state index in [4.69, 9.17) is 19.2 Å². The van der Waals surface area contributed by atoms with Gasteiger partial charge in [0.1, 0.15) is 5.69 Å². The van der Waals surface area contributed by atoms with Crippen molar-refractivity contribution < 1.29 is 19.0 Å². The maximum Gasteiger partial charge on any atom is 0.274 e. The molecular formula is C26H33N5O4. The lowest BCUT2D eigenvalue weighted by atomic mass is 9.98. The van der Waals surface area contributed by atoms with Gasteiger partial charge in [0.25, 0.3) is 5.91 Å². The first-order chi connectivity index (χ1) is 16.7. The van der Waals surface area contributed by atoms with E-state index in [1.165, 1.54) is 0 Å². The fraction of sp³-hybridized carbons (Fsp3) is 0.500. The molecule has 5 rings (SSSR count). The Morgan fingerprint density at radius 1 is 1.23 bits per heavy atom. The number of nitrogens with one attached hydrogen (secondary N) is 1. The first kappa shape index (κ1) is 23.4. The molecule has 1 aromatic carbocycles. The van der Waals surface area contributed by atoms with Crippen molar-refractivity contribution in [2.45, 2.75) is 59.1 Å². The fourth-order valence-electron chi connectivity index (χ4n) is 4.98. The number of nitrogens with zero attached hydrogens (tertiary/aromatic N) is 4. The molecule has 35 heavy (non-hydrogen) atoms. The molecule has 0 aliphatic carbocycles. The second-order valence-electron chi connectivity index (χ2n) is 10.1. The molecule has 9 nitrogen and oxygen atoms in total. The second-order valence-corrected chi connectivity index (χ2v) is 10.1. The second kappa shape index (κ2) is 8.71. The number of hydrogen-bond acceptors (Lipinski definition) is 6. The Labute approximate surface area is 205 Å². The zero-order chi connectivity index (χ0) is 24.9. The SMILES string of the molecule is COc1cc2c(cc1OC(C)C)-n1c(-c3[nH]ncc3C)nc(C(=O)N3CCOCC3(C)C)c1CC2. The maximum absolute atomic E-state index is 13.9. The highest BCUT2D eigenvalue weighted by molar-refractivity contribution is 5.95. The lowest BCUT2D eigenvalue weighted by Gasteiger charge is -2.41. The molecule has 2 aliphatic rings. The van der Waals surface area contributed by atoms with E-state index in [1.807, 2.05) is 51.7 Å². The van der Waals surface area contributed by atoms with Gasteiger partial charge < -0.3 is 19.1 Å². The molecule has 3 aromatic rings. The first-order valence-electron chi connectivity index (χ1n) is 12.1. The monoisotopic (exact) mass is 479 g/mol. The van der Waals surface area contributed by atoms with Crippen LogP contribution in [0.25, 0.3) is 17.2 Å². The molecule has 0 bridgehead atoms. The molecule has 0 radical (unpaired) electrons. The van der Waals surface area contributed by atoms with Crippen molar-refractivity contribution in [1.29, 1.82) is 0 Å². The predicted molar refractivity (Wildman–Crippen MR) is 132 cm³/mol. The molecule has 0 saturated carbocycles. The number of aryl methyl sites for hydroxylation is 2. The number of rotatable bonds is 5. The van der Waals surface area contributed by atoms with Gasteiger partial charge >= 0.3 is 0 Å². The number of H-pyrrole nitrogens is 1. The number of morpholine rings is 1. The summed E-state index contributed by atoms with van der Waals surface area (Å²) in [4.78, 5) is 20.7. The standard InChI is InChI=1S/C26H33N5O4/c1-15(2)35-21-12-19-17(11-20(21)33-6)7-8-18-23(25(32)30-9-10-34-14-26(30,4)5)28-24(31(18)19)22-16(3)13-27-29-22/h11-13,15H,7-10,14H2,1-6H3,(H,27,29). The number of methoxy groups -OCH3 is 1. The van der Waals surface area contributed by atoms with E-state index < -0.39 is 5.54 Å². The Bertz CT molecular complexity index is 1270. The number of benzene rings is 1. The molecule has 1 amide bonds. The minimum atomic E-state index is -0.409. The zero-order valence-corrected chi connectivity index (χ0v) is 21.3. The number of hydrogen-bond donors (Lipinski definition) is 1. The fourth-order valence-corrected chi connectivity index (χ4v) is 4.98. The Hall–Kier alpha value is -3.33. The van der Waals surface area contributed by atoms with Crippen LogP contribution in [0.2, 0.25) is 0 Å². The van der Waals surface area contributed by atoms with Crippen LogP contribution in [0, 0.1) is 6.92 Å². The van der Waals surface area contributed by atoms with Crippen LogP contribution in [0.3, 0.4) is 0 Å². The number of aromatic amines is 1. The predicted octanol–water partition coefficient (Wildman–Crippen LogP) is 3.72. The number of amides is 1. The lowest BCUT2D eigenvalue weighted by molar-refractivity contribution is -0.0373. The topological polar surface area (TPSA) is 94.5 Å². The van der Waals surface area contributed by atoms with Crippen molar-refractivity contribution in [2.24, 2.45) is 0 Å². The van der Waals surface area contributed by atoms with Crippen molar-refractivity contribution in [3.05, 3.63) is 40.8 Å². The minimum Gasteiger partial charge on any atom is -0.493 e. The van der Waals surface area contributed by atoms with E-state index >= 15 is 0 Å². The lowest BCUT2D eigenvalue weighted by Crippen LogP contribution is -2.55. The van der Waals surface area contributed by atoms with Crippen LogP contribution in [0.5, 0.6) is 11.5 Å². The molecule has 2 aliphatic heterocycles. The van der Waals surface area contributed by atoms with E-state index in [0.29, 0.717) is 49.2 Å². The Morgan fingerprint density at radius 2 is 2.03 bits per heavy atom. The normalized spacial score (nSPS) is 16.7. The zero-order valence-electron chi connectivity index (χ0n) is 21.3. The number of imidazole rings is 1. The Kier molecular flexibility index (Phi) is 5.83. The summed E-state index contributed by atoms with van der Waals surface area (Å²) < 4.78 is 19.4. The molecule has 1 saturated heterocycles. The van der Waals surface area contributed by atoms with Gasteiger partial charge in [-0.2, -0.15) is 5.10 Å². The summed E-state index contributed by atoms with van der Waals surface area (Å²) in [7, 11) is 1.65. The molecule has 0 spiro atoms. The minimum absolute atomic E-state index is 0.0113. The molecule has 0 unspecified atom stereocenters. The van der Waals surface area contributed by atoms with Gasteiger partial charge in [-0.15, -0.1) is 0 Å².